The highest BCUT2D eigenvalue weighted by Crippen LogP contribution is 2.09. The predicted octanol–water partition coefficient (Wildman–Crippen LogP) is 3.02. The molecule has 2 N–H and O–H groups in total. The summed E-state index contributed by atoms with van der Waals surface area (Å²) in [4.78, 5) is 8.57. The van der Waals surface area contributed by atoms with Crippen LogP contribution in [0.5, 0.6) is 11.6 Å². The van der Waals surface area contributed by atoms with E-state index in [-0.39, 0.29) is 0 Å². The predicted molar refractivity (Wildman–Crippen MR) is 116 cm³/mol. The summed E-state index contributed by atoms with van der Waals surface area (Å²) >= 11 is 0. The van der Waals surface area contributed by atoms with Gasteiger partial charge in [-0.05, 0) is 37.5 Å². The Morgan fingerprint density at radius 3 is 2.52 bits per heavy atom. The number of aromatic nitrogens is 1. The van der Waals surface area contributed by atoms with Gasteiger partial charge in [-0.25, -0.2) is 4.98 Å². The maximum Gasteiger partial charge on any atom is 0.213 e. The van der Waals surface area contributed by atoms with Crippen LogP contribution >= 0.6 is 0 Å². The van der Waals surface area contributed by atoms with E-state index in [4.69, 9.17) is 14.2 Å². The molecule has 158 valence electrons. The summed E-state index contributed by atoms with van der Waals surface area (Å²) in [6.45, 7) is 6.02. The van der Waals surface area contributed by atoms with E-state index in [1.54, 1.807) is 13.2 Å². The van der Waals surface area contributed by atoms with Crippen LogP contribution in [0.1, 0.15) is 25.3 Å². The molecule has 29 heavy (non-hydrogen) atoms. The van der Waals surface area contributed by atoms with E-state index in [9.17, 15) is 0 Å². The van der Waals surface area contributed by atoms with Gasteiger partial charge in [-0.1, -0.05) is 24.3 Å². The minimum absolute atomic E-state index is 0.444. The molecule has 2 aromatic rings. The van der Waals surface area contributed by atoms with Crippen molar-refractivity contribution in [1.29, 1.82) is 0 Å². The maximum absolute atomic E-state index is 5.62. The van der Waals surface area contributed by atoms with Crippen LogP contribution in [0.15, 0.2) is 53.7 Å². The second kappa shape index (κ2) is 14.2. The normalized spacial score (nSPS) is 11.2. The van der Waals surface area contributed by atoms with Gasteiger partial charge >= 0.3 is 0 Å². The summed E-state index contributed by atoms with van der Waals surface area (Å²) in [5.41, 5.74) is 1.05. The number of hydrogen-bond donors (Lipinski definition) is 2. The number of ether oxygens (including phenoxy) is 3. The SMILES string of the molecule is CCOCCCCNC(=NC)NCc1ccc(OCCOc2ccccc2)nc1. The smallest absolute Gasteiger partial charge is 0.213 e. The van der Waals surface area contributed by atoms with Crippen LogP contribution in [0.3, 0.4) is 0 Å². The van der Waals surface area contributed by atoms with E-state index >= 15 is 0 Å². The van der Waals surface area contributed by atoms with Crippen molar-refractivity contribution in [3.05, 3.63) is 54.2 Å². The molecule has 0 atom stereocenters. The van der Waals surface area contributed by atoms with Crippen LogP contribution in [0.2, 0.25) is 0 Å². The van der Waals surface area contributed by atoms with Crippen molar-refractivity contribution < 1.29 is 14.2 Å². The van der Waals surface area contributed by atoms with E-state index in [0.717, 1.165) is 49.9 Å². The molecule has 1 aromatic heterocycles. The van der Waals surface area contributed by atoms with Crippen LogP contribution in [0.25, 0.3) is 0 Å². The van der Waals surface area contributed by atoms with Crippen molar-refractivity contribution in [1.82, 2.24) is 15.6 Å². The lowest BCUT2D eigenvalue weighted by Gasteiger charge is -2.12. The summed E-state index contributed by atoms with van der Waals surface area (Å²) in [6, 6.07) is 13.5. The molecule has 0 unspecified atom stereocenters. The third kappa shape index (κ3) is 9.80. The van der Waals surface area contributed by atoms with Crippen molar-refractivity contribution in [2.45, 2.75) is 26.3 Å². The molecule has 0 aliphatic carbocycles. The molecule has 0 spiro atoms. The minimum Gasteiger partial charge on any atom is -0.490 e. The van der Waals surface area contributed by atoms with Crippen LogP contribution < -0.4 is 20.1 Å². The summed E-state index contributed by atoms with van der Waals surface area (Å²) in [7, 11) is 1.77. The van der Waals surface area contributed by atoms with E-state index in [2.05, 4.69) is 20.6 Å². The van der Waals surface area contributed by atoms with Gasteiger partial charge in [-0.3, -0.25) is 4.99 Å². The fourth-order valence-electron chi connectivity index (χ4n) is 2.51. The van der Waals surface area contributed by atoms with Gasteiger partial charge in [0, 0.05) is 45.6 Å². The molecule has 0 amide bonds. The van der Waals surface area contributed by atoms with Crippen LogP contribution in [-0.4, -0.2) is 51.0 Å². The second-order valence-corrected chi connectivity index (χ2v) is 6.27. The first-order valence-corrected chi connectivity index (χ1v) is 10.1. The topological polar surface area (TPSA) is 77.0 Å². The van der Waals surface area contributed by atoms with E-state index in [1.807, 2.05) is 49.4 Å². The fraction of sp³-hybridized carbons (Fsp3) is 0.455. The lowest BCUT2D eigenvalue weighted by molar-refractivity contribution is 0.143. The van der Waals surface area contributed by atoms with Gasteiger partial charge in [0.05, 0.1) is 0 Å². The van der Waals surface area contributed by atoms with Gasteiger partial charge in [-0.2, -0.15) is 0 Å². The maximum atomic E-state index is 5.62. The van der Waals surface area contributed by atoms with E-state index in [1.165, 1.54) is 0 Å². The molecule has 0 aliphatic rings. The van der Waals surface area contributed by atoms with Gasteiger partial charge in [-0.15, -0.1) is 0 Å². The summed E-state index contributed by atoms with van der Waals surface area (Å²) in [6.07, 6.45) is 3.89. The van der Waals surface area contributed by atoms with Crippen LogP contribution in [0.4, 0.5) is 0 Å². The first kappa shape index (κ1) is 22.5. The van der Waals surface area contributed by atoms with E-state index in [0.29, 0.717) is 25.6 Å². The zero-order chi connectivity index (χ0) is 20.6. The van der Waals surface area contributed by atoms with Crippen molar-refractivity contribution in [3.8, 4) is 11.6 Å². The highest BCUT2D eigenvalue weighted by Gasteiger charge is 2.01. The molecular weight excluding hydrogens is 368 g/mol. The number of unbranched alkanes of at least 4 members (excludes halogenated alkanes) is 1. The summed E-state index contributed by atoms with van der Waals surface area (Å²) in [5.74, 6) is 2.20. The molecule has 1 heterocycles. The lowest BCUT2D eigenvalue weighted by atomic mass is 10.3. The number of guanidine groups is 1. The number of benzene rings is 1. The van der Waals surface area contributed by atoms with Crippen LogP contribution in [-0.2, 0) is 11.3 Å². The number of pyridine rings is 1. The summed E-state index contributed by atoms with van der Waals surface area (Å²) < 4.78 is 16.6. The molecule has 2 rings (SSSR count). The third-order valence-electron chi connectivity index (χ3n) is 4.04. The summed E-state index contributed by atoms with van der Waals surface area (Å²) in [5, 5.41) is 6.58. The van der Waals surface area contributed by atoms with Crippen molar-refractivity contribution in [2.75, 3.05) is 40.0 Å². The van der Waals surface area contributed by atoms with Gasteiger partial charge < -0.3 is 24.8 Å². The lowest BCUT2D eigenvalue weighted by Crippen LogP contribution is -2.37. The van der Waals surface area contributed by atoms with Crippen molar-refractivity contribution in [2.24, 2.45) is 4.99 Å². The zero-order valence-electron chi connectivity index (χ0n) is 17.4. The number of aliphatic imine (C=N–C) groups is 1. The Labute approximate surface area is 173 Å². The Morgan fingerprint density at radius 2 is 1.79 bits per heavy atom. The molecule has 0 saturated heterocycles. The van der Waals surface area contributed by atoms with E-state index < -0.39 is 0 Å². The first-order valence-electron chi connectivity index (χ1n) is 10.1. The molecule has 0 radical (unpaired) electrons. The average Bonchev–Trinajstić information content (AvgIpc) is 2.77. The molecule has 7 nitrogen and oxygen atoms in total. The van der Waals surface area contributed by atoms with Gasteiger partial charge in [0.1, 0.15) is 19.0 Å². The monoisotopic (exact) mass is 400 g/mol. The standard InChI is InChI=1S/C22H32N4O3/c1-3-27-14-8-7-13-24-22(23-2)26-18-19-11-12-21(25-17-19)29-16-15-28-20-9-5-4-6-10-20/h4-6,9-12,17H,3,7-8,13-16,18H2,1-2H3,(H2,23,24,26). The second-order valence-electron chi connectivity index (χ2n) is 6.27. The number of nitrogens with one attached hydrogen (secondary N) is 2. The molecule has 1 aromatic carbocycles. The Morgan fingerprint density at radius 1 is 0.966 bits per heavy atom. The number of nitrogens with zero attached hydrogens (tertiary/aromatic N) is 2. The Balaban J connectivity index is 1.61. The number of para-hydroxylation sites is 1. The minimum atomic E-state index is 0.444. The fourth-order valence-corrected chi connectivity index (χ4v) is 2.51. The highest BCUT2D eigenvalue weighted by molar-refractivity contribution is 5.79. The number of hydrogen-bond acceptors (Lipinski definition) is 5. The van der Waals surface area contributed by atoms with Gasteiger partial charge in [0.25, 0.3) is 0 Å². The quantitative estimate of drug-likeness (QED) is 0.306. The highest BCUT2D eigenvalue weighted by atomic mass is 16.5. The van der Waals surface area contributed by atoms with Crippen LogP contribution in [0, 0.1) is 0 Å². The molecule has 7 heteroatoms. The zero-order valence-corrected chi connectivity index (χ0v) is 17.4. The third-order valence-corrected chi connectivity index (χ3v) is 4.04. The number of rotatable bonds is 13. The Kier molecular flexibility index (Phi) is 11.0. The molecule has 0 fully saturated rings. The Hall–Kier alpha value is -2.80. The first-order chi connectivity index (χ1) is 14.3. The van der Waals surface area contributed by atoms with Gasteiger partial charge in [0.2, 0.25) is 5.88 Å². The van der Waals surface area contributed by atoms with Crippen molar-refractivity contribution >= 4 is 5.96 Å². The molecule has 0 bridgehead atoms. The Bertz CT molecular complexity index is 693. The molecule has 0 aliphatic heterocycles. The largest absolute Gasteiger partial charge is 0.490 e. The molecular formula is C22H32N4O3. The van der Waals surface area contributed by atoms with Crippen molar-refractivity contribution in [3.63, 3.8) is 0 Å². The van der Waals surface area contributed by atoms with Gasteiger partial charge in [0.15, 0.2) is 5.96 Å². The molecule has 0 saturated carbocycles. The average molecular weight is 401 g/mol.